The lowest BCUT2D eigenvalue weighted by molar-refractivity contribution is 0.0930. The second kappa shape index (κ2) is 5.09. The predicted molar refractivity (Wildman–Crippen MR) is 69.9 cm³/mol. The van der Waals surface area contributed by atoms with Gasteiger partial charge in [0.25, 0.3) is 5.91 Å². The molecule has 0 aromatic carbocycles. The lowest BCUT2D eigenvalue weighted by Gasteiger charge is -2.11. The van der Waals surface area contributed by atoms with Crippen LogP contribution in [-0.4, -0.2) is 26.2 Å². The number of rotatable bonds is 4. The topological polar surface area (TPSA) is 79.8 Å². The van der Waals surface area contributed by atoms with Gasteiger partial charge >= 0.3 is 0 Å². The van der Waals surface area contributed by atoms with E-state index in [9.17, 15) is 9.59 Å². The SMILES string of the molecule is CC(=O)c1cc(C(=O)NC(C)c2ncc[nH]2)n(C)c1. The Bertz CT molecular complexity index is 598. The van der Waals surface area contributed by atoms with Crippen LogP contribution in [0.15, 0.2) is 24.7 Å². The van der Waals surface area contributed by atoms with Crippen LogP contribution in [0.5, 0.6) is 0 Å². The van der Waals surface area contributed by atoms with Gasteiger partial charge < -0.3 is 14.9 Å². The minimum Gasteiger partial charge on any atom is -0.347 e. The highest BCUT2D eigenvalue weighted by Gasteiger charge is 2.17. The smallest absolute Gasteiger partial charge is 0.268 e. The van der Waals surface area contributed by atoms with E-state index >= 15 is 0 Å². The van der Waals surface area contributed by atoms with Crippen molar-refractivity contribution in [1.82, 2.24) is 19.9 Å². The fraction of sp³-hybridized carbons (Fsp3) is 0.308. The normalized spacial score (nSPS) is 12.2. The molecule has 1 amide bonds. The lowest BCUT2D eigenvalue weighted by Crippen LogP contribution is -2.28. The molecule has 6 heteroatoms. The second-order valence-electron chi connectivity index (χ2n) is 4.45. The summed E-state index contributed by atoms with van der Waals surface area (Å²) in [6.07, 6.45) is 4.98. The summed E-state index contributed by atoms with van der Waals surface area (Å²) in [6.45, 7) is 3.31. The second-order valence-corrected chi connectivity index (χ2v) is 4.45. The van der Waals surface area contributed by atoms with Gasteiger partial charge in [0.1, 0.15) is 11.5 Å². The van der Waals surface area contributed by atoms with Crippen molar-refractivity contribution in [3.63, 3.8) is 0 Å². The third-order valence-corrected chi connectivity index (χ3v) is 2.92. The van der Waals surface area contributed by atoms with Crippen LogP contribution in [0.2, 0.25) is 0 Å². The Labute approximate surface area is 110 Å². The standard InChI is InChI=1S/C13H16N4O2/c1-8(12-14-4-5-15-12)16-13(19)11-6-10(9(2)18)7-17(11)3/h4-8H,1-3H3,(H,14,15)(H,16,19). The van der Waals surface area contributed by atoms with E-state index in [2.05, 4.69) is 15.3 Å². The Morgan fingerprint density at radius 2 is 2.21 bits per heavy atom. The van der Waals surface area contributed by atoms with E-state index in [1.807, 2.05) is 6.92 Å². The number of imidazole rings is 1. The first-order valence-corrected chi connectivity index (χ1v) is 5.96. The van der Waals surface area contributed by atoms with Crippen molar-refractivity contribution >= 4 is 11.7 Å². The Balaban J connectivity index is 2.14. The number of hydrogen-bond acceptors (Lipinski definition) is 3. The average Bonchev–Trinajstić information content (AvgIpc) is 2.97. The lowest BCUT2D eigenvalue weighted by atomic mass is 10.2. The number of aromatic nitrogens is 3. The highest BCUT2D eigenvalue weighted by molar-refractivity contribution is 5.99. The van der Waals surface area contributed by atoms with E-state index in [4.69, 9.17) is 0 Å². The first kappa shape index (κ1) is 13.1. The highest BCUT2D eigenvalue weighted by Crippen LogP contribution is 2.11. The third kappa shape index (κ3) is 2.73. The number of carbonyl (C=O) groups excluding carboxylic acids is 2. The van der Waals surface area contributed by atoms with E-state index < -0.39 is 0 Å². The molecule has 0 bridgehead atoms. The molecule has 1 atom stereocenters. The summed E-state index contributed by atoms with van der Waals surface area (Å²) in [6, 6.07) is 1.37. The van der Waals surface area contributed by atoms with Crippen LogP contribution in [-0.2, 0) is 7.05 Å². The zero-order valence-electron chi connectivity index (χ0n) is 11.1. The Morgan fingerprint density at radius 1 is 1.47 bits per heavy atom. The van der Waals surface area contributed by atoms with Crippen molar-refractivity contribution in [2.24, 2.45) is 7.05 Å². The number of nitrogens with one attached hydrogen (secondary N) is 2. The summed E-state index contributed by atoms with van der Waals surface area (Å²) >= 11 is 0. The summed E-state index contributed by atoms with van der Waals surface area (Å²) in [5.41, 5.74) is 0.974. The number of aryl methyl sites for hydroxylation is 1. The van der Waals surface area contributed by atoms with Gasteiger partial charge in [0.2, 0.25) is 0 Å². The maximum atomic E-state index is 12.1. The molecule has 19 heavy (non-hydrogen) atoms. The van der Waals surface area contributed by atoms with E-state index in [1.54, 1.807) is 36.3 Å². The van der Waals surface area contributed by atoms with Crippen LogP contribution in [0, 0.1) is 0 Å². The zero-order chi connectivity index (χ0) is 14.0. The number of nitrogens with zero attached hydrogens (tertiary/aromatic N) is 2. The van der Waals surface area contributed by atoms with Crippen LogP contribution < -0.4 is 5.32 Å². The quantitative estimate of drug-likeness (QED) is 0.816. The van der Waals surface area contributed by atoms with Gasteiger partial charge in [-0.3, -0.25) is 9.59 Å². The largest absolute Gasteiger partial charge is 0.347 e. The van der Waals surface area contributed by atoms with Crippen molar-refractivity contribution in [2.45, 2.75) is 19.9 Å². The number of Topliss-reactive ketones (excluding diaryl/α,β-unsaturated/α-hetero) is 1. The van der Waals surface area contributed by atoms with Crippen molar-refractivity contribution in [3.05, 3.63) is 41.7 Å². The Hall–Kier alpha value is -2.37. The molecular formula is C13H16N4O2. The summed E-state index contributed by atoms with van der Waals surface area (Å²) < 4.78 is 1.64. The van der Waals surface area contributed by atoms with Crippen molar-refractivity contribution in [1.29, 1.82) is 0 Å². The van der Waals surface area contributed by atoms with E-state index in [-0.39, 0.29) is 17.7 Å². The van der Waals surface area contributed by atoms with Crippen molar-refractivity contribution in [3.8, 4) is 0 Å². The van der Waals surface area contributed by atoms with E-state index in [1.165, 1.54) is 6.92 Å². The highest BCUT2D eigenvalue weighted by atomic mass is 16.2. The molecule has 100 valence electrons. The molecule has 0 spiro atoms. The fourth-order valence-electron chi connectivity index (χ4n) is 1.84. The molecule has 0 aliphatic rings. The number of aromatic amines is 1. The van der Waals surface area contributed by atoms with Gasteiger partial charge in [0.15, 0.2) is 5.78 Å². The minimum absolute atomic E-state index is 0.0614. The number of carbonyl (C=O) groups is 2. The molecule has 0 fully saturated rings. The molecule has 0 aliphatic carbocycles. The van der Waals surface area contributed by atoms with Crippen LogP contribution >= 0.6 is 0 Å². The van der Waals surface area contributed by atoms with Crippen molar-refractivity contribution < 1.29 is 9.59 Å². The first-order valence-electron chi connectivity index (χ1n) is 5.96. The van der Waals surface area contributed by atoms with Gasteiger partial charge in [-0.25, -0.2) is 4.98 Å². The summed E-state index contributed by atoms with van der Waals surface area (Å²) in [4.78, 5) is 30.4. The van der Waals surface area contributed by atoms with Crippen LogP contribution in [0.3, 0.4) is 0 Å². The van der Waals surface area contributed by atoms with Gasteiger partial charge in [0.05, 0.1) is 6.04 Å². The fourth-order valence-corrected chi connectivity index (χ4v) is 1.84. The van der Waals surface area contributed by atoms with Crippen LogP contribution in [0.1, 0.15) is 46.6 Å². The zero-order valence-corrected chi connectivity index (χ0v) is 11.1. The van der Waals surface area contributed by atoms with Crippen LogP contribution in [0.4, 0.5) is 0 Å². The molecule has 2 aromatic rings. The monoisotopic (exact) mass is 260 g/mol. The molecule has 2 N–H and O–H groups in total. The summed E-state index contributed by atoms with van der Waals surface area (Å²) in [5.74, 6) is 0.391. The molecule has 1 unspecified atom stereocenters. The molecule has 6 nitrogen and oxygen atoms in total. The molecule has 2 rings (SSSR count). The predicted octanol–water partition coefficient (Wildman–Crippen LogP) is 1.44. The molecule has 0 radical (unpaired) electrons. The average molecular weight is 260 g/mol. The van der Waals surface area contributed by atoms with Gasteiger partial charge in [-0.1, -0.05) is 0 Å². The Kier molecular flexibility index (Phi) is 3.50. The number of ketones is 1. The number of H-pyrrole nitrogens is 1. The van der Waals surface area contributed by atoms with Crippen LogP contribution in [0.25, 0.3) is 0 Å². The van der Waals surface area contributed by atoms with E-state index in [0.29, 0.717) is 17.1 Å². The number of amides is 1. The Morgan fingerprint density at radius 3 is 2.74 bits per heavy atom. The molecule has 0 saturated carbocycles. The van der Waals surface area contributed by atoms with Crippen molar-refractivity contribution in [2.75, 3.05) is 0 Å². The molecular weight excluding hydrogens is 244 g/mol. The summed E-state index contributed by atoms with van der Waals surface area (Å²) in [5, 5.41) is 2.83. The minimum atomic E-state index is -0.237. The number of hydrogen-bond donors (Lipinski definition) is 2. The van der Waals surface area contributed by atoms with E-state index in [0.717, 1.165) is 0 Å². The van der Waals surface area contributed by atoms with Gasteiger partial charge in [-0.05, 0) is 19.9 Å². The maximum absolute atomic E-state index is 12.1. The summed E-state index contributed by atoms with van der Waals surface area (Å²) in [7, 11) is 1.74. The molecule has 2 aromatic heterocycles. The van der Waals surface area contributed by atoms with Gasteiger partial charge in [-0.15, -0.1) is 0 Å². The molecule has 0 aliphatic heterocycles. The maximum Gasteiger partial charge on any atom is 0.268 e. The first-order chi connectivity index (χ1) is 8.99. The molecule has 2 heterocycles. The third-order valence-electron chi connectivity index (χ3n) is 2.92. The molecule has 0 saturated heterocycles. The van der Waals surface area contributed by atoms with Gasteiger partial charge in [0, 0.05) is 31.2 Å². The van der Waals surface area contributed by atoms with Gasteiger partial charge in [-0.2, -0.15) is 0 Å².